The Labute approximate surface area is 146 Å². The van der Waals surface area contributed by atoms with Gasteiger partial charge in [-0.1, -0.05) is 60.7 Å². The number of rotatable bonds is 3. The van der Waals surface area contributed by atoms with Crippen molar-refractivity contribution in [1.29, 1.82) is 0 Å². The molecule has 0 radical (unpaired) electrons. The molecule has 0 N–H and O–H groups in total. The van der Waals surface area contributed by atoms with E-state index in [1.807, 2.05) is 60.8 Å². The van der Waals surface area contributed by atoms with E-state index in [1.165, 1.54) is 0 Å². The Morgan fingerprint density at radius 1 is 0.760 bits per heavy atom. The van der Waals surface area contributed by atoms with Gasteiger partial charge in [0.05, 0.1) is 11.2 Å². The second kappa shape index (κ2) is 6.65. The zero-order valence-electron chi connectivity index (χ0n) is 13.9. The van der Waals surface area contributed by atoms with Gasteiger partial charge in [-0.15, -0.1) is 0 Å². The van der Waals surface area contributed by atoms with Crippen LogP contribution in [0.5, 0.6) is 0 Å². The summed E-state index contributed by atoms with van der Waals surface area (Å²) in [6, 6.07) is 22.2. The molecule has 2 aromatic carbocycles. The van der Waals surface area contributed by atoms with Crippen molar-refractivity contribution in [2.45, 2.75) is 6.92 Å². The van der Waals surface area contributed by atoms with E-state index in [4.69, 9.17) is 4.98 Å². The maximum atomic E-state index is 4.75. The molecule has 0 unspecified atom stereocenters. The quantitative estimate of drug-likeness (QED) is 0.522. The molecule has 0 saturated heterocycles. The van der Waals surface area contributed by atoms with Gasteiger partial charge in [0.15, 0.2) is 5.82 Å². The highest BCUT2D eigenvalue weighted by Crippen LogP contribution is 2.19. The number of pyridine rings is 1. The summed E-state index contributed by atoms with van der Waals surface area (Å²) in [6.45, 7) is 2.06. The van der Waals surface area contributed by atoms with E-state index in [9.17, 15) is 0 Å². The Kier molecular flexibility index (Phi) is 4.05. The summed E-state index contributed by atoms with van der Waals surface area (Å²) in [5.74, 6) is 0.646. The van der Waals surface area contributed by atoms with Crippen LogP contribution in [-0.2, 0) is 0 Å². The van der Waals surface area contributed by atoms with Crippen molar-refractivity contribution >= 4 is 23.1 Å². The van der Waals surface area contributed by atoms with Crippen LogP contribution in [0, 0.1) is 6.92 Å². The summed E-state index contributed by atoms with van der Waals surface area (Å²) in [6.07, 6.45) is 5.95. The molecule has 4 rings (SSSR count). The monoisotopic (exact) mass is 323 g/mol. The van der Waals surface area contributed by atoms with Crippen LogP contribution in [0.1, 0.15) is 16.8 Å². The average molecular weight is 323 g/mol. The molecular formula is C22H17N3. The minimum Gasteiger partial charge on any atom is -0.245 e. The summed E-state index contributed by atoms with van der Waals surface area (Å²) >= 11 is 0. The first-order chi connectivity index (χ1) is 12.3. The fourth-order valence-electron chi connectivity index (χ4n) is 2.67. The molecule has 0 aliphatic heterocycles. The number of nitrogens with zero attached hydrogens (tertiary/aromatic N) is 3. The van der Waals surface area contributed by atoms with E-state index in [2.05, 4.69) is 41.2 Å². The lowest BCUT2D eigenvalue weighted by Crippen LogP contribution is -1.95. The highest BCUT2D eigenvalue weighted by atomic mass is 14.9. The molecule has 0 saturated carbocycles. The van der Waals surface area contributed by atoms with E-state index in [0.717, 1.165) is 33.4 Å². The molecule has 120 valence electrons. The van der Waals surface area contributed by atoms with Crippen LogP contribution < -0.4 is 0 Å². The third-order valence-electron chi connectivity index (χ3n) is 4.09. The van der Waals surface area contributed by atoms with E-state index >= 15 is 0 Å². The predicted octanol–water partition coefficient (Wildman–Crippen LogP) is 5.17. The molecule has 25 heavy (non-hydrogen) atoms. The summed E-state index contributed by atoms with van der Waals surface area (Å²) in [4.78, 5) is 13.9. The molecule has 0 amide bonds. The largest absolute Gasteiger partial charge is 0.245 e. The predicted molar refractivity (Wildman–Crippen MR) is 103 cm³/mol. The molecular weight excluding hydrogens is 306 g/mol. The number of aromatic nitrogens is 3. The Morgan fingerprint density at radius 3 is 2.44 bits per heavy atom. The Bertz CT molecular complexity index is 1050. The van der Waals surface area contributed by atoms with Crippen molar-refractivity contribution in [3.8, 4) is 11.5 Å². The van der Waals surface area contributed by atoms with Gasteiger partial charge in [-0.25, -0.2) is 15.0 Å². The smallest absolute Gasteiger partial charge is 0.178 e. The van der Waals surface area contributed by atoms with E-state index in [-0.39, 0.29) is 0 Å². The molecule has 2 aromatic heterocycles. The van der Waals surface area contributed by atoms with E-state index in [1.54, 1.807) is 0 Å². The summed E-state index contributed by atoms with van der Waals surface area (Å²) < 4.78 is 0. The van der Waals surface area contributed by atoms with Crippen molar-refractivity contribution < 1.29 is 0 Å². The minimum absolute atomic E-state index is 0.646. The summed E-state index contributed by atoms with van der Waals surface area (Å²) in [7, 11) is 0. The molecule has 0 spiro atoms. The Hall–Kier alpha value is -3.33. The molecule has 3 nitrogen and oxygen atoms in total. The first kappa shape index (κ1) is 15.2. The topological polar surface area (TPSA) is 38.7 Å². The van der Waals surface area contributed by atoms with Crippen LogP contribution >= 0.6 is 0 Å². The highest BCUT2D eigenvalue weighted by Gasteiger charge is 2.06. The lowest BCUT2D eigenvalue weighted by Gasteiger charge is -2.05. The van der Waals surface area contributed by atoms with Crippen LogP contribution in [0.3, 0.4) is 0 Å². The Balaban J connectivity index is 1.72. The summed E-state index contributed by atoms with van der Waals surface area (Å²) in [5.41, 5.74) is 4.91. The molecule has 0 fully saturated rings. The third kappa shape index (κ3) is 3.31. The highest BCUT2D eigenvalue weighted by molar-refractivity contribution is 5.79. The van der Waals surface area contributed by atoms with Gasteiger partial charge in [0.2, 0.25) is 0 Å². The van der Waals surface area contributed by atoms with Crippen LogP contribution in [-0.4, -0.2) is 15.0 Å². The maximum absolute atomic E-state index is 4.75. The normalized spacial score (nSPS) is 11.2. The molecule has 0 aliphatic rings. The summed E-state index contributed by atoms with van der Waals surface area (Å²) in [5, 5.41) is 1.03. The Morgan fingerprint density at radius 2 is 1.56 bits per heavy atom. The number of hydrogen-bond donors (Lipinski definition) is 0. The average Bonchev–Trinajstić information content (AvgIpc) is 2.68. The van der Waals surface area contributed by atoms with Crippen molar-refractivity contribution in [2.24, 2.45) is 0 Å². The lowest BCUT2D eigenvalue weighted by atomic mass is 10.1. The van der Waals surface area contributed by atoms with Gasteiger partial charge in [-0.05, 0) is 36.3 Å². The van der Waals surface area contributed by atoms with Gasteiger partial charge >= 0.3 is 0 Å². The number of hydrogen-bond acceptors (Lipinski definition) is 3. The molecule has 2 heterocycles. The van der Waals surface area contributed by atoms with Crippen LogP contribution in [0.25, 0.3) is 34.6 Å². The number of aryl methyl sites for hydroxylation is 1. The molecule has 0 bridgehead atoms. The maximum Gasteiger partial charge on any atom is 0.178 e. The zero-order valence-corrected chi connectivity index (χ0v) is 13.9. The number of benzene rings is 2. The van der Waals surface area contributed by atoms with Crippen LogP contribution in [0.4, 0.5) is 0 Å². The van der Waals surface area contributed by atoms with Crippen LogP contribution in [0.15, 0.2) is 72.9 Å². The molecule has 3 heteroatoms. The second-order valence-corrected chi connectivity index (χ2v) is 5.90. The van der Waals surface area contributed by atoms with Gasteiger partial charge in [0, 0.05) is 11.6 Å². The molecule has 0 aliphatic carbocycles. The van der Waals surface area contributed by atoms with Gasteiger partial charge < -0.3 is 0 Å². The van der Waals surface area contributed by atoms with Gasteiger partial charge in [-0.2, -0.15) is 0 Å². The fourth-order valence-corrected chi connectivity index (χ4v) is 2.67. The fraction of sp³-hybridized carbons (Fsp3) is 0.0455. The van der Waals surface area contributed by atoms with Crippen molar-refractivity contribution in [1.82, 2.24) is 15.0 Å². The minimum atomic E-state index is 0.646. The zero-order chi connectivity index (χ0) is 17.1. The van der Waals surface area contributed by atoms with Gasteiger partial charge in [-0.3, -0.25) is 0 Å². The van der Waals surface area contributed by atoms with Crippen molar-refractivity contribution in [2.75, 3.05) is 0 Å². The lowest BCUT2D eigenvalue weighted by molar-refractivity contribution is 1.15. The third-order valence-corrected chi connectivity index (χ3v) is 4.09. The first-order valence-electron chi connectivity index (χ1n) is 8.22. The van der Waals surface area contributed by atoms with Gasteiger partial charge in [0.25, 0.3) is 0 Å². The number of fused-ring (bicyclic) bond motifs is 1. The van der Waals surface area contributed by atoms with E-state index < -0.39 is 0 Å². The SMILES string of the molecule is Cc1ccc(-c2ncc3ccccc3n2)nc1/C=C\c1ccccc1. The standard InChI is InChI=1S/C22H17N3/c1-16-11-13-21(22-23-15-18-9-5-6-10-20(18)25-22)24-19(16)14-12-17-7-3-2-4-8-17/h2-15H,1H3/b14-12-. The van der Waals surface area contributed by atoms with Crippen molar-refractivity contribution in [3.05, 3.63) is 89.7 Å². The molecule has 4 aromatic rings. The van der Waals surface area contributed by atoms with Crippen LogP contribution in [0.2, 0.25) is 0 Å². The van der Waals surface area contributed by atoms with E-state index in [0.29, 0.717) is 5.82 Å². The second-order valence-electron chi connectivity index (χ2n) is 5.90. The van der Waals surface area contributed by atoms with Crippen molar-refractivity contribution in [3.63, 3.8) is 0 Å². The molecule has 0 atom stereocenters. The van der Waals surface area contributed by atoms with Gasteiger partial charge in [0.1, 0.15) is 5.69 Å². The number of para-hydroxylation sites is 1. The first-order valence-corrected chi connectivity index (χ1v) is 8.22.